The average molecular weight is 485 g/mol. The number of pyridine rings is 1. The first-order valence-corrected chi connectivity index (χ1v) is 12.5. The van der Waals surface area contributed by atoms with Crippen LogP contribution >= 0.6 is 11.6 Å². The second-order valence-corrected chi connectivity index (χ2v) is 11.7. The van der Waals surface area contributed by atoms with Crippen molar-refractivity contribution in [1.82, 2.24) is 14.4 Å². The molecule has 0 saturated carbocycles. The zero-order chi connectivity index (χ0) is 25.4. The molecule has 2 heterocycles. The van der Waals surface area contributed by atoms with Crippen molar-refractivity contribution in [2.45, 2.75) is 60.9 Å². The second kappa shape index (κ2) is 9.87. The molecule has 1 amide bonds. The molecule has 1 aliphatic rings. The lowest BCUT2D eigenvalue weighted by Gasteiger charge is -2.41. The lowest BCUT2D eigenvalue weighted by Crippen LogP contribution is -2.52. The number of halogens is 1. The summed E-state index contributed by atoms with van der Waals surface area (Å²) in [7, 11) is 2.17. The van der Waals surface area contributed by atoms with Gasteiger partial charge in [-0.1, -0.05) is 32.4 Å². The normalized spacial score (nSPS) is 17.0. The second-order valence-electron chi connectivity index (χ2n) is 11.3. The van der Waals surface area contributed by atoms with Crippen molar-refractivity contribution in [1.29, 1.82) is 0 Å². The van der Waals surface area contributed by atoms with Gasteiger partial charge in [0.15, 0.2) is 0 Å². The summed E-state index contributed by atoms with van der Waals surface area (Å²) in [4.78, 5) is 30.6. The van der Waals surface area contributed by atoms with Crippen LogP contribution in [0.25, 0.3) is 0 Å². The summed E-state index contributed by atoms with van der Waals surface area (Å²) < 4.78 is 0.529. The van der Waals surface area contributed by atoms with Gasteiger partial charge in [-0.3, -0.25) is 14.1 Å². The molecule has 1 saturated heterocycles. The Kier molecular flexibility index (Phi) is 7.69. The molecular formula is C28H39ClN3O2+. The molecular weight excluding hydrogens is 446 g/mol. The Bertz CT molecular complexity index is 1120. The molecule has 0 aliphatic carbocycles. The van der Waals surface area contributed by atoms with Crippen molar-refractivity contribution in [2.75, 3.05) is 26.7 Å². The summed E-state index contributed by atoms with van der Waals surface area (Å²) in [5.74, 6) is 0.627. The Morgan fingerprint density at radius 2 is 1.79 bits per heavy atom. The van der Waals surface area contributed by atoms with Crippen molar-refractivity contribution in [3.63, 3.8) is 0 Å². The Hall–Kier alpha value is -2.11. The number of aryl methyl sites for hydroxylation is 2. The molecule has 1 aromatic heterocycles. The first kappa shape index (κ1) is 26.5. The summed E-state index contributed by atoms with van der Waals surface area (Å²) in [6, 6.07) is 5.80. The maximum Gasteiger partial charge on any atom is 0.257 e. The van der Waals surface area contributed by atoms with Crippen LogP contribution in [0.2, 0.25) is 5.02 Å². The quantitative estimate of drug-likeness (QED) is 0.575. The minimum Gasteiger partial charge on any atom is -0.342 e. The SMILES string of the molecule is [CH]c1cc(Cl)cc([N+](C)(Cc2c(C)cc(C)[nH]c2=O)CC2CCN(C(=O)C(C)(C)C)CC2)c1C. The predicted octanol–water partition coefficient (Wildman–Crippen LogP) is 5.43. The number of amides is 1. The number of benzene rings is 1. The van der Waals surface area contributed by atoms with E-state index in [-0.39, 0.29) is 16.9 Å². The van der Waals surface area contributed by atoms with Gasteiger partial charge in [0.25, 0.3) is 5.56 Å². The smallest absolute Gasteiger partial charge is 0.257 e. The first-order valence-electron chi connectivity index (χ1n) is 12.1. The molecule has 3 rings (SSSR count). The number of carbonyl (C=O) groups is 1. The van der Waals surface area contributed by atoms with Crippen LogP contribution in [0.15, 0.2) is 23.0 Å². The number of aromatic amines is 1. The van der Waals surface area contributed by atoms with Crippen LogP contribution in [0.3, 0.4) is 0 Å². The number of hydrogen-bond acceptors (Lipinski definition) is 2. The molecule has 1 aromatic carbocycles. The number of hydrogen-bond donors (Lipinski definition) is 1. The fourth-order valence-electron chi connectivity index (χ4n) is 5.28. The van der Waals surface area contributed by atoms with Crippen LogP contribution < -0.4 is 10.0 Å². The molecule has 6 heteroatoms. The van der Waals surface area contributed by atoms with Crippen LogP contribution in [0.4, 0.5) is 5.69 Å². The lowest BCUT2D eigenvalue weighted by atomic mass is 9.90. The number of piperidine rings is 1. The molecule has 2 aromatic rings. The number of H-pyrrole nitrogens is 1. The van der Waals surface area contributed by atoms with Gasteiger partial charge in [-0.25, -0.2) is 0 Å². The van der Waals surface area contributed by atoms with E-state index in [0.717, 1.165) is 60.5 Å². The van der Waals surface area contributed by atoms with Gasteiger partial charge >= 0.3 is 0 Å². The van der Waals surface area contributed by atoms with Gasteiger partial charge in [0, 0.05) is 46.8 Å². The minimum atomic E-state index is -0.364. The monoisotopic (exact) mass is 484 g/mol. The van der Waals surface area contributed by atoms with Gasteiger partial charge in [0.1, 0.15) is 12.2 Å². The summed E-state index contributed by atoms with van der Waals surface area (Å²) in [6.45, 7) is 21.1. The van der Waals surface area contributed by atoms with E-state index >= 15 is 0 Å². The van der Waals surface area contributed by atoms with Crippen LogP contribution in [0.5, 0.6) is 0 Å². The third-order valence-electron chi connectivity index (χ3n) is 7.17. The Morgan fingerprint density at radius 3 is 2.35 bits per heavy atom. The highest BCUT2D eigenvalue weighted by Crippen LogP contribution is 2.36. The van der Waals surface area contributed by atoms with Crippen molar-refractivity contribution in [3.8, 4) is 0 Å². The molecule has 1 unspecified atom stereocenters. The molecule has 0 bridgehead atoms. The highest BCUT2D eigenvalue weighted by atomic mass is 35.5. The molecule has 5 nitrogen and oxygen atoms in total. The number of nitrogens with zero attached hydrogens (tertiary/aromatic N) is 2. The average Bonchev–Trinajstić information content (AvgIpc) is 2.72. The van der Waals surface area contributed by atoms with E-state index in [4.69, 9.17) is 18.5 Å². The van der Waals surface area contributed by atoms with E-state index in [9.17, 15) is 9.59 Å². The van der Waals surface area contributed by atoms with Gasteiger partial charge in [0.2, 0.25) is 5.91 Å². The molecule has 34 heavy (non-hydrogen) atoms. The third kappa shape index (κ3) is 5.75. The standard InChI is InChI=1S/C28H38ClN3O2/c1-18-14-23(29)15-25(21(18)4)32(8,17-24-19(2)13-20(3)30-26(24)33)16-22-9-11-31(12-10-22)27(34)28(5,6)7/h1,13-15,22H,9-12,16-17H2,2-8H3/p+1. The highest BCUT2D eigenvalue weighted by molar-refractivity contribution is 6.31. The van der Waals surface area contributed by atoms with Crippen molar-refractivity contribution in [3.05, 3.63) is 68.4 Å². The largest absolute Gasteiger partial charge is 0.342 e. The molecule has 184 valence electrons. The van der Waals surface area contributed by atoms with Gasteiger partial charge in [-0.05, 0) is 63.8 Å². The first-order chi connectivity index (χ1) is 15.7. The topological polar surface area (TPSA) is 53.2 Å². The number of rotatable bonds is 5. The number of aromatic nitrogens is 1. The Labute approximate surface area is 209 Å². The summed E-state index contributed by atoms with van der Waals surface area (Å²) in [5.41, 5.74) is 4.92. The molecule has 1 N–H and O–H groups in total. The van der Waals surface area contributed by atoms with Gasteiger partial charge in [-0.15, -0.1) is 0 Å². The Balaban J connectivity index is 1.95. The molecule has 2 radical (unpaired) electrons. The third-order valence-corrected chi connectivity index (χ3v) is 7.39. The van der Waals surface area contributed by atoms with Crippen molar-refractivity contribution < 1.29 is 4.79 Å². The van der Waals surface area contributed by atoms with E-state index < -0.39 is 0 Å². The lowest BCUT2D eigenvalue weighted by molar-refractivity contribution is -0.140. The van der Waals surface area contributed by atoms with Crippen LogP contribution in [-0.4, -0.2) is 42.5 Å². The zero-order valence-corrected chi connectivity index (χ0v) is 22.5. The number of carbonyl (C=O) groups excluding carboxylic acids is 1. The predicted molar refractivity (Wildman–Crippen MR) is 141 cm³/mol. The minimum absolute atomic E-state index is 0.0416. The fraction of sp³-hybridized carbons (Fsp3) is 0.536. The van der Waals surface area contributed by atoms with Crippen molar-refractivity contribution >= 4 is 23.2 Å². The van der Waals surface area contributed by atoms with Crippen LogP contribution in [0, 0.1) is 39.0 Å². The van der Waals surface area contributed by atoms with Crippen LogP contribution in [-0.2, 0) is 11.3 Å². The Morgan fingerprint density at radius 1 is 1.18 bits per heavy atom. The molecule has 1 aliphatic heterocycles. The number of likely N-dealkylation sites (tertiary alicyclic amines) is 1. The van der Waals surface area contributed by atoms with E-state index in [1.807, 2.05) is 58.6 Å². The fourth-order valence-corrected chi connectivity index (χ4v) is 5.50. The van der Waals surface area contributed by atoms with E-state index in [2.05, 4.69) is 12.0 Å². The molecule has 1 atom stereocenters. The number of quaternary nitrogens is 1. The molecule has 1 fully saturated rings. The summed E-state index contributed by atoms with van der Waals surface area (Å²) in [5, 5.41) is 0.600. The van der Waals surface area contributed by atoms with E-state index in [0.29, 0.717) is 27.5 Å². The maximum atomic E-state index is 12.9. The van der Waals surface area contributed by atoms with Crippen LogP contribution in [0.1, 0.15) is 61.6 Å². The zero-order valence-electron chi connectivity index (χ0n) is 21.7. The van der Waals surface area contributed by atoms with Gasteiger partial charge in [-0.2, -0.15) is 0 Å². The maximum absolute atomic E-state index is 12.9. The highest BCUT2D eigenvalue weighted by Gasteiger charge is 2.36. The van der Waals surface area contributed by atoms with Gasteiger partial charge in [0.05, 0.1) is 19.2 Å². The van der Waals surface area contributed by atoms with Crippen molar-refractivity contribution in [2.24, 2.45) is 11.3 Å². The van der Waals surface area contributed by atoms with E-state index in [1.54, 1.807) is 6.07 Å². The number of nitrogens with one attached hydrogen (secondary N) is 1. The van der Waals surface area contributed by atoms with E-state index in [1.165, 1.54) is 0 Å². The summed E-state index contributed by atoms with van der Waals surface area (Å²) >= 11 is 6.45. The summed E-state index contributed by atoms with van der Waals surface area (Å²) in [6.07, 6.45) is 1.88. The molecule has 0 spiro atoms. The van der Waals surface area contributed by atoms with Gasteiger partial charge < -0.3 is 9.88 Å².